The molecule has 0 bridgehead atoms. The molecule has 7 nitrogen and oxygen atoms in total. The van der Waals surface area contributed by atoms with Crippen molar-refractivity contribution in [2.75, 3.05) is 20.2 Å². The summed E-state index contributed by atoms with van der Waals surface area (Å²) in [5.74, 6) is -0.230. The Morgan fingerprint density at radius 1 is 1.52 bits per heavy atom. The Morgan fingerprint density at radius 3 is 2.95 bits per heavy atom. The monoisotopic (exact) mass is 310 g/mol. The molecule has 21 heavy (non-hydrogen) atoms. The van der Waals surface area contributed by atoms with Gasteiger partial charge in [-0.3, -0.25) is 14.5 Å². The van der Waals surface area contributed by atoms with Crippen LogP contribution in [0.25, 0.3) is 4.96 Å². The van der Waals surface area contributed by atoms with Crippen LogP contribution in [0.3, 0.4) is 0 Å². The summed E-state index contributed by atoms with van der Waals surface area (Å²) in [6.45, 7) is 5.77. The van der Waals surface area contributed by atoms with Crippen LogP contribution in [0.15, 0.2) is 10.9 Å². The molecule has 8 heteroatoms. The van der Waals surface area contributed by atoms with E-state index in [1.54, 1.807) is 6.92 Å². The SMILES string of the molecule is CCN(CCC(=O)OC)Cc1nn2c(=O)cc(C)nc2s1. The third kappa shape index (κ3) is 3.85. The molecule has 114 valence electrons. The van der Waals surface area contributed by atoms with E-state index < -0.39 is 0 Å². The van der Waals surface area contributed by atoms with Crippen molar-refractivity contribution in [3.8, 4) is 0 Å². The third-order valence-electron chi connectivity index (χ3n) is 3.08. The number of ether oxygens (including phenoxy) is 1. The van der Waals surface area contributed by atoms with Crippen molar-refractivity contribution in [1.29, 1.82) is 0 Å². The van der Waals surface area contributed by atoms with E-state index in [0.717, 1.165) is 11.6 Å². The fourth-order valence-corrected chi connectivity index (χ4v) is 2.90. The van der Waals surface area contributed by atoms with Crippen molar-refractivity contribution >= 4 is 22.3 Å². The number of carbonyl (C=O) groups excluding carboxylic acids is 1. The largest absolute Gasteiger partial charge is 0.469 e. The summed E-state index contributed by atoms with van der Waals surface area (Å²) in [6.07, 6.45) is 0.340. The van der Waals surface area contributed by atoms with E-state index in [4.69, 9.17) is 0 Å². The number of fused-ring (bicyclic) bond motifs is 1. The van der Waals surface area contributed by atoms with Gasteiger partial charge in [0, 0.05) is 18.3 Å². The van der Waals surface area contributed by atoms with Gasteiger partial charge in [0.25, 0.3) is 5.56 Å². The lowest BCUT2D eigenvalue weighted by atomic mass is 10.3. The predicted molar refractivity (Wildman–Crippen MR) is 79.5 cm³/mol. The van der Waals surface area contributed by atoms with Crippen LogP contribution in [0.5, 0.6) is 0 Å². The van der Waals surface area contributed by atoms with Gasteiger partial charge in [0.05, 0.1) is 20.1 Å². The molecule has 2 aromatic heterocycles. The first kappa shape index (κ1) is 15.6. The van der Waals surface area contributed by atoms with Crippen molar-refractivity contribution < 1.29 is 9.53 Å². The zero-order valence-corrected chi connectivity index (χ0v) is 13.1. The van der Waals surface area contributed by atoms with Crippen molar-refractivity contribution in [3.63, 3.8) is 0 Å². The minimum atomic E-state index is -0.230. The second kappa shape index (κ2) is 6.77. The van der Waals surface area contributed by atoms with E-state index in [1.165, 1.54) is 29.0 Å². The molecule has 0 amide bonds. The Morgan fingerprint density at radius 2 is 2.29 bits per heavy atom. The molecule has 2 aromatic rings. The molecule has 0 radical (unpaired) electrons. The molecule has 0 aliphatic rings. The highest BCUT2D eigenvalue weighted by molar-refractivity contribution is 7.16. The first-order valence-corrected chi connectivity index (χ1v) is 7.50. The summed E-state index contributed by atoms with van der Waals surface area (Å²) in [7, 11) is 1.38. The number of hydrogen-bond acceptors (Lipinski definition) is 7. The Labute approximate surface area is 126 Å². The van der Waals surface area contributed by atoms with Crippen LogP contribution in [0.1, 0.15) is 24.0 Å². The molecule has 2 rings (SSSR count). The average molecular weight is 310 g/mol. The third-order valence-corrected chi connectivity index (χ3v) is 3.97. The number of aromatic nitrogens is 3. The lowest BCUT2D eigenvalue weighted by Gasteiger charge is -2.17. The van der Waals surface area contributed by atoms with E-state index in [1.807, 2.05) is 6.92 Å². The lowest BCUT2D eigenvalue weighted by molar-refractivity contribution is -0.141. The highest BCUT2D eigenvalue weighted by Gasteiger charge is 2.12. The van der Waals surface area contributed by atoms with Crippen molar-refractivity contribution in [2.45, 2.75) is 26.8 Å². The summed E-state index contributed by atoms with van der Waals surface area (Å²) in [6, 6.07) is 1.46. The molecule has 0 saturated heterocycles. The molecule has 0 saturated carbocycles. The number of esters is 1. The summed E-state index contributed by atoms with van der Waals surface area (Å²) < 4.78 is 5.96. The van der Waals surface area contributed by atoms with Gasteiger partial charge in [-0.15, -0.1) is 0 Å². The van der Waals surface area contributed by atoms with Crippen molar-refractivity contribution in [1.82, 2.24) is 19.5 Å². The van der Waals surface area contributed by atoms with Gasteiger partial charge < -0.3 is 4.74 Å². The molecular formula is C13H18N4O3S. The fraction of sp³-hybridized carbons (Fsp3) is 0.538. The molecule has 0 spiro atoms. The highest BCUT2D eigenvalue weighted by atomic mass is 32.1. The Hall–Kier alpha value is -1.80. The van der Waals surface area contributed by atoms with Crippen LogP contribution in [-0.4, -0.2) is 45.7 Å². The maximum atomic E-state index is 11.8. The number of rotatable bonds is 6. The Bertz CT molecular complexity index is 694. The summed E-state index contributed by atoms with van der Waals surface area (Å²) in [5, 5.41) is 5.09. The van der Waals surface area contributed by atoms with E-state index >= 15 is 0 Å². The molecule has 2 heterocycles. The van der Waals surface area contributed by atoms with Crippen LogP contribution in [0.4, 0.5) is 0 Å². The molecule has 0 fully saturated rings. The van der Waals surface area contributed by atoms with Crippen LogP contribution < -0.4 is 5.56 Å². The molecule has 0 aromatic carbocycles. The van der Waals surface area contributed by atoms with Gasteiger partial charge in [-0.2, -0.15) is 9.61 Å². The first-order valence-electron chi connectivity index (χ1n) is 6.69. The van der Waals surface area contributed by atoms with Gasteiger partial charge >= 0.3 is 5.97 Å². The summed E-state index contributed by atoms with van der Waals surface area (Å²) in [4.78, 5) is 30.0. The predicted octanol–water partition coefficient (Wildman–Crippen LogP) is 0.844. The molecule has 0 unspecified atom stereocenters. The number of nitrogens with zero attached hydrogens (tertiary/aromatic N) is 4. The van der Waals surface area contributed by atoms with Crippen molar-refractivity contribution in [3.05, 3.63) is 27.1 Å². The molecule has 0 atom stereocenters. The molecule has 0 N–H and O–H groups in total. The second-order valence-electron chi connectivity index (χ2n) is 4.62. The first-order chi connectivity index (χ1) is 10.0. The zero-order chi connectivity index (χ0) is 15.4. The molecular weight excluding hydrogens is 292 g/mol. The summed E-state index contributed by atoms with van der Waals surface area (Å²) >= 11 is 1.39. The standard InChI is InChI=1S/C13H18N4O3S/c1-4-16(6-5-12(19)20-3)8-10-15-17-11(18)7-9(2)14-13(17)21-10/h7H,4-6,8H2,1-3H3. The maximum absolute atomic E-state index is 11.8. The van der Waals surface area contributed by atoms with Gasteiger partial charge in [0.1, 0.15) is 5.01 Å². The second-order valence-corrected chi connectivity index (χ2v) is 5.66. The number of carbonyl (C=O) groups is 1. The van der Waals surface area contributed by atoms with Gasteiger partial charge in [0.15, 0.2) is 0 Å². The lowest BCUT2D eigenvalue weighted by Crippen LogP contribution is -2.26. The van der Waals surface area contributed by atoms with Crippen LogP contribution in [0.2, 0.25) is 0 Å². The zero-order valence-electron chi connectivity index (χ0n) is 12.3. The quantitative estimate of drug-likeness (QED) is 0.736. The van der Waals surface area contributed by atoms with Gasteiger partial charge in [-0.1, -0.05) is 18.3 Å². The minimum absolute atomic E-state index is 0.169. The van der Waals surface area contributed by atoms with Gasteiger partial charge in [0.2, 0.25) is 4.96 Å². The summed E-state index contributed by atoms with van der Waals surface area (Å²) in [5.41, 5.74) is 0.519. The Kier molecular flexibility index (Phi) is 5.03. The fourth-order valence-electron chi connectivity index (χ4n) is 1.92. The molecule has 0 aliphatic carbocycles. The smallest absolute Gasteiger partial charge is 0.306 e. The highest BCUT2D eigenvalue weighted by Crippen LogP contribution is 2.13. The maximum Gasteiger partial charge on any atom is 0.306 e. The van der Waals surface area contributed by atoms with Gasteiger partial charge in [-0.25, -0.2) is 4.98 Å². The van der Waals surface area contributed by atoms with Crippen LogP contribution in [0, 0.1) is 6.92 Å². The topological polar surface area (TPSA) is 76.8 Å². The van der Waals surface area contributed by atoms with E-state index in [0.29, 0.717) is 30.2 Å². The van der Waals surface area contributed by atoms with E-state index in [2.05, 4.69) is 19.7 Å². The molecule has 0 aliphatic heterocycles. The Balaban J connectivity index is 2.12. The number of aryl methyl sites for hydroxylation is 1. The average Bonchev–Trinajstić information content (AvgIpc) is 2.85. The normalized spacial score (nSPS) is 11.2. The van der Waals surface area contributed by atoms with Gasteiger partial charge in [-0.05, 0) is 13.5 Å². The number of hydrogen-bond donors (Lipinski definition) is 0. The number of methoxy groups -OCH3 is 1. The van der Waals surface area contributed by atoms with Crippen LogP contribution in [-0.2, 0) is 16.1 Å². The van der Waals surface area contributed by atoms with E-state index in [-0.39, 0.29) is 11.5 Å². The van der Waals surface area contributed by atoms with E-state index in [9.17, 15) is 9.59 Å². The van der Waals surface area contributed by atoms with Crippen LogP contribution >= 0.6 is 11.3 Å². The van der Waals surface area contributed by atoms with Crippen molar-refractivity contribution in [2.24, 2.45) is 0 Å². The minimum Gasteiger partial charge on any atom is -0.469 e.